The molecule has 1 unspecified atom stereocenters. The Morgan fingerprint density at radius 2 is 2.38 bits per heavy atom. The summed E-state index contributed by atoms with van der Waals surface area (Å²) in [7, 11) is 0. The smallest absolute Gasteiger partial charge is 0.141 e. The fourth-order valence-corrected chi connectivity index (χ4v) is 1.84. The number of hydrogen-bond acceptors (Lipinski definition) is 4. The van der Waals surface area contributed by atoms with E-state index in [1.54, 1.807) is 11.6 Å². The van der Waals surface area contributed by atoms with E-state index in [1.807, 2.05) is 11.2 Å². The van der Waals surface area contributed by atoms with E-state index in [0.29, 0.717) is 0 Å². The van der Waals surface area contributed by atoms with E-state index >= 15 is 0 Å². The molecule has 1 aliphatic heterocycles. The molecule has 0 spiro atoms. The van der Waals surface area contributed by atoms with E-state index < -0.39 is 0 Å². The third-order valence-corrected chi connectivity index (χ3v) is 2.65. The normalized spacial score (nSPS) is 21.1. The van der Waals surface area contributed by atoms with Crippen LogP contribution in [0.5, 0.6) is 0 Å². The van der Waals surface area contributed by atoms with E-state index in [-0.39, 0.29) is 12.0 Å². The van der Waals surface area contributed by atoms with Crippen molar-refractivity contribution in [2.45, 2.75) is 13.1 Å². The average Bonchev–Trinajstić information content (AvgIpc) is 2.53. The van der Waals surface area contributed by atoms with Gasteiger partial charge in [0.05, 0.1) is 11.7 Å². The fourth-order valence-electron chi connectivity index (χ4n) is 1.06. The molecule has 0 N–H and O–H groups in total. The molecule has 0 radical (unpaired) electrons. The van der Waals surface area contributed by atoms with Gasteiger partial charge in [0.1, 0.15) is 17.8 Å². The minimum absolute atomic E-state index is 0.0722. The molecule has 3 nitrogen and oxygen atoms in total. The van der Waals surface area contributed by atoms with Crippen molar-refractivity contribution >= 4 is 23.3 Å². The van der Waals surface area contributed by atoms with E-state index in [1.165, 1.54) is 24.2 Å². The van der Waals surface area contributed by atoms with Crippen LogP contribution in [0.2, 0.25) is 0 Å². The van der Waals surface area contributed by atoms with Gasteiger partial charge in [0, 0.05) is 11.9 Å². The summed E-state index contributed by atoms with van der Waals surface area (Å²) in [6.45, 7) is 1.96. The molecule has 1 aromatic rings. The van der Waals surface area contributed by atoms with Crippen molar-refractivity contribution in [3.05, 3.63) is 24.1 Å². The predicted molar refractivity (Wildman–Crippen MR) is 52.2 cm³/mol. The predicted octanol–water partition coefficient (Wildman–Crippen LogP) is 2.06. The highest BCUT2D eigenvalue weighted by Crippen LogP contribution is 2.26. The zero-order valence-electron chi connectivity index (χ0n) is 7.01. The lowest BCUT2D eigenvalue weighted by Crippen LogP contribution is -2.20. The van der Waals surface area contributed by atoms with Crippen molar-refractivity contribution in [2.24, 2.45) is 4.99 Å². The van der Waals surface area contributed by atoms with Crippen molar-refractivity contribution < 1.29 is 4.39 Å². The topological polar surface area (TPSA) is 28.5 Å². The quantitative estimate of drug-likeness (QED) is 0.645. The van der Waals surface area contributed by atoms with Gasteiger partial charge in [-0.15, -0.1) is 0 Å². The molecule has 1 aliphatic rings. The van der Waals surface area contributed by atoms with Crippen molar-refractivity contribution in [1.82, 2.24) is 4.98 Å². The fraction of sp³-hybridized carbons (Fsp3) is 0.250. The number of halogens is 1. The molecular weight excluding hydrogens is 189 g/mol. The van der Waals surface area contributed by atoms with Gasteiger partial charge in [-0.2, -0.15) is 0 Å². The lowest BCUT2D eigenvalue weighted by Gasteiger charge is -2.18. The van der Waals surface area contributed by atoms with Crippen LogP contribution in [-0.2, 0) is 0 Å². The molecule has 2 heterocycles. The third kappa shape index (κ3) is 1.65. The summed E-state index contributed by atoms with van der Waals surface area (Å²) in [5.74, 6) is 0.415. The van der Waals surface area contributed by atoms with Gasteiger partial charge in [-0.05, 0) is 19.1 Å². The van der Waals surface area contributed by atoms with Gasteiger partial charge in [0.15, 0.2) is 0 Å². The maximum Gasteiger partial charge on any atom is 0.141 e. The van der Waals surface area contributed by atoms with Crippen LogP contribution in [0.25, 0.3) is 0 Å². The van der Waals surface area contributed by atoms with Crippen LogP contribution in [0.1, 0.15) is 6.92 Å². The molecule has 68 valence electrons. The first kappa shape index (κ1) is 8.50. The first-order valence-corrected chi connectivity index (χ1v) is 4.70. The lowest BCUT2D eigenvalue weighted by molar-refractivity contribution is 0.621. The summed E-state index contributed by atoms with van der Waals surface area (Å²) in [5.41, 5.74) is 1.76. The Hall–Kier alpha value is -1.10. The molecule has 2 rings (SSSR count). The minimum Gasteiger partial charge on any atom is -0.272 e. The van der Waals surface area contributed by atoms with Gasteiger partial charge in [-0.25, -0.2) is 9.37 Å². The highest BCUT2D eigenvalue weighted by atomic mass is 32.2. The van der Waals surface area contributed by atoms with Gasteiger partial charge >= 0.3 is 0 Å². The number of aliphatic imine (C=N–C) groups is 1. The second-order valence-electron chi connectivity index (χ2n) is 2.65. The van der Waals surface area contributed by atoms with Gasteiger partial charge in [0.2, 0.25) is 0 Å². The summed E-state index contributed by atoms with van der Waals surface area (Å²) in [5, 5.41) is 0. The molecule has 0 fully saturated rings. The molecule has 5 heteroatoms. The first-order valence-electron chi connectivity index (χ1n) is 3.86. The Morgan fingerprint density at radius 3 is 2.92 bits per heavy atom. The van der Waals surface area contributed by atoms with Crippen LogP contribution < -0.4 is 4.31 Å². The first-order chi connectivity index (χ1) is 6.27. The second kappa shape index (κ2) is 3.33. The number of aromatic nitrogens is 1. The molecular formula is C8H8FN3S. The molecule has 0 amide bonds. The lowest BCUT2D eigenvalue weighted by atomic mass is 10.4. The van der Waals surface area contributed by atoms with Crippen LogP contribution in [-0.4, -0.2) is 16.7 Å². The molecule has 0 aliphatic carbocycles. The minimum atomic E-state index is -0.318. The molecule has 0 saturated carbocycles. The summed E-state index contributed by atoms with van der Waals surface area (Å²) < 4.78 is 14.5. The molecule has 0 bridgehead atoms. The van der Waals surface area contributed by atoms with Crippen LogP contribution in [0.4, 0.5) is 10.2 Å². The van der Waals surface area contributed by atoms with Gasteiger partial charge in [0.25, 0.3) is 0 Å². The maximum absolute atomic E-state index is 12.6. The Balaban J connectivity index is 2.21. The second-order valence-corrected chi connectivity index (χ2v) is 3.47. The number of anilines is 1. The summed E-state index contributed by atoms with van der Waals surface area (Å²) >= 11 is 1.47. The van der Waals surface area contributed by atoms with E-state index in [4.69, 9.17) is 0 Å². The summed E-state index contributed by atoms with van der Waals surface area (Å²) in [6, 6.07) is 3.04. The zero-order valence-corrected chi connectivity index (χ0v) is 7.83. The molecule has 1 aromatic heterocycles. The highest BCUT2D eigenvalue weighted by molar-refractivity contribution is 8.13. The van der Waals surface area contributed by atoms with E-state index in [0.717, 1.165) is 5.82 Å². The van der Waals surface area contributed by atoms with Crippen molar-refractivity contribution in [3.63, 3.8) is 0 Å². The molecule has 0 saturated heterocycles. The largest absolute Gasteiger partial charge is 0.272 e. The number of pyridine rings is 1. The van der Waals surface area contributed by atoms with Gasteiger partial charge < -0.3 is 0 Å². The Bertz CT molecular complexity index is 325. The van der Waals surface area contributed by atoms with Gasteiger partial charge in [-0.3, -0.25) is 9.30 Å². The van der Waals surface area contributed by atoms with E-state index in [2.05, 4.69) is 9.98 Å². The SMILES string of the molecule is CC1N=CSN1c1ccc(F)cn1. The monoisotopic (exact) mass is 197 g/mol. The van der Waals surface area contributed by atoms with Crippen LogP contribution in [0, 0.1) is 5.82 Å². The van der Waals surface area contributed by atoms with E-state index in [9.17, 15) is 4.39 Å². The Kier molecular flexibility index (Phi) is 2.18. The van der Waals surface area contributed by atoms with Crippen molar-refractivity contribution in [3.8, 4) is 0 Å². The van der Waals surface area contributed by atoms with Crippen molar-refractivity contribution in [1.29, 1.82) is 0 Å². The zero-order chi connectivity index (χ0) is 9.26. The number of nitrogens with zero attached hydrogens (tertiary/aromatic N) is 3. The Morgan fingerprint density at radius 1 is 1.54 bits per heavy atom. The summed E-state index contributed by atoms with van der Waals surface area (Å²) in [6.07, 6.45) is 1.28. The maximum atomic E-state index is 12.6. The third-order valence-electron chi connectivity index (χ3n) is 1.71. The average molecular weight is 197 g/mol. The number of rotatable bonds is 1. The van der Waals surface area contributed by atoms with Crippen LogP contribution >= 0.6 is 11.9 Å². The highest BCUT2D eigenvalue weighted by Gasteiger charge is 2.18. The standard InChI is InChI=1S/C8H8FN3S/c1-6-11-5-13-12(6)8-3-2-7(9)4-10-8/h2-6H,1H3. The molecule has 0 aromatic carbocycles. The molecule has 1 atom stereocenters. The van der Waals surface area contributed by atoms with Crippen LogP contribution in [0.15, 0.2) is 23.3 Å². The van der Waals surface area contributed by atoms with Crippen molar-refractivity contribution in [2.75, 3.05) is 4.31 Å². The Labute approximate surface area is 79.8 Å². The van der Waals surface area contributed by atoms with Gasteiger partial charge in [-0.1, -0.05) is 0 Å². The molecule has 13 heavy (non-hydrogen) atoms. The number of hydrogen-bond donors (Lipinski definition) is 0. The summed E-state index contributed by atoms with van der Waals surface area (Å²) in [4.78, 5) is 8.11. The van der Waals surface area contributed by atoms with Crippen LogP contribution in [0.3, 0.4) is 0 Å².